The van der Waals surface area contributed by atoms with Crippen LogP contribution in [0.4, 0.5) is 5.13 Å². The number of thiazole rings is 1. The number of hydrogen-bond donors (Lipinski definition) is 1. The SMILES string of the molecule is C=NCc1ccc(-c2csc(N)n2)s1. The molecule has 0 saturated heterocycles. The van der Waals surface area contributed by atoms with Gasteiger partial charge in [-0.3, -0.25) is 4.99 Å². The summed E-state index contributed by atoms with van der Waals surface area (Å²) in [6, 6.07) is 4.09. The summed E-state index contributed by atoms with van der Waals surface area (Å²) in [5.74, 6) is 0. The highest BCUT2D eigenvalue weighted by Crippen LogP contribution is 2.29. The molecule has 0 radical (unpaired) electrons. The Morgan fingerprint density at radius 1 is 1.50 bits per heavy atom. The van der Waals surface area contributed by atoms with Gasteiger partial charge >= 0.3 is 0 Å². The fourth-order valence-electron chi connectivity index (χ4n) is 1.11. The lowest BCUT2D eigenvalue weighted by molar-refractivity contribution is 1.12. The van der Waals surface area contributed by atoms with Gasteiger partial charge in [-0.15, -0.1) is 22.7 Å². The molecular formula is C9H9N3S2. The Labute approximate surface area is 90.0 Å². The lowest BCUT2D eigenvalue weighted by Crippen LogP contribution is -1.80. The highest BCUT2D eigenvalue weighted by atomic mass is 32.1. The van der Waals surface area contributed by atoms with Gasteiger partial charge in [-0.1, -0.05) is 0 Å². The van der Waals surface area contributed by atoms with Crippen LogP contribution in [0.25, 0.3) is 10.6 Å². The Kier molecular flexibility index (Phi) is 2.60. The van der Waals surface area contributed by atoms with E-state index in [0.29, 0.717) is 11.7 Å². The van der Waals surface area contributed by atoms with E-state index in [1.165, 1.54) is 16.2 Å². The Balaban J connectivity index is 2.28. The summed E-state index contributed by atoms with van der Waals surface area (Å²) in [7, 11) is 0. The molecule has 0 atom stereocenters. The van der Waals surface area contributed by atoms with Crippen LogP contribution in [-0.2, 0) is 6.54 Å². The number of anilines is 1. The van der Waals surface area contributed by atoms with E-state index in [1.807, 2.05) is 17.5 Å². The van der Waals surface area contributed by atoms with Crippen molar-refractivity contribution in [2.24, 2.45) is 4.99 Å². The predicted molar refractivity (Wildman–Crippen MR) is 63.1 cm³/mol. The quantitative estimate of drug-likeness (QED) is 0.813. The average Bonchev–Trinajstić information content (AvgIpc) is 2.74. The lowest BCUT2D eigenvalue weighted by Gasteiger charge is -1.88. The first-order valence-corrected chi connectivity index (χ1v) is 5.72. The fourth-order valence-corrected chi connectivity index (χ4v) is 2.67. The normalized spacial score (nSPS) is 10.3. The lowest BCUT2D eigenvalue weighted by atomic mass is 10.4. The molecule has 0 aliphatic rings. The first kappa shape index (κ1) is 9.36. The summed E-state index contributed by atoms with van der Waals surface area (Å²) >= 11 is 3.14. The molecule has 2 heterocycles. The van der Waals surface area contributed by atoms with Crippen molar-refractivity contribution in [2.45, 2.75) is 6.54 Å². The van der Waals surface area contributed by atoms with E-state index in [-0.39, 0.29) is 0 Å². The van der Waals surface area contributed by atoms with Crippen molar-refractivity contribution in [1.82, 2.24) is 4.98 Å². The van der Waals surface area contributed by atoms with Gasteiger partial charge in [0.05, 0.1) is 17.1 Å². The highest BCUT2D eigenvalue weighted by molar-refractivity contribution is 7.16. The summed E-state index contributed by atoms with van der Waals surface area (Å²) < 4.78 is 0. The maximum atomic E-state index is 5.56. The van der Waals surface area contributed by atoms with E-state index in [2.05, 4.69) is 16.7 Å². The highest BCUT2D eigenvalue weighted by Gasteiger charge is 2.05. The van der Waals surface area contributed by atoms with Crippen molar-refractivity contribution in [3.05, 3.63) is 22.4 Å². The molecule has 0 amide bonds. The maximum absolute atomic E-state index is 5.56. The van der Waals surface area contributed by atoms with Gasteiger partial charge in [0, 0.05) is 10.3 Å². The van der Waals surface area contributed by atoms with Crippen LogP contribution in [0, 0.1) is 0 Å². The monoisotopic (exact) mass is 223 g/mol. The number of aliphatic imine (C=N–C) groups is 1. The molecule has 2 aromatic rings. The molecule has 2 aromatic heterocycles. The van der Waals surface area contributed by atoms with Crippen LogP contribution in [0.1, 0.15) is 4.88 Å². The standard InChI is InChI=1S/C9H9N3S2/c1-11-4-6-2-3-8(14-6)7-5-13-9(10)12-7/h2-3,5H,1,4H2,(H2,10,12). The Morgan fingerprint density at radius 3 is 3.00 bits per heavy atom. The topological polar surface area (TPSA) is 51.3 Å². The van der Waals surface area contributed by atoms with Gasteiger partial charge in [0.1, 0.15) is 0 Å². The van der Waals surface area contributed by atoms with Gasteiger partial charge in [-0.25, -0.2) is 4.98 Å². The Bertz CT molecular complexity index is 444. The first-order valence-electron chi connectivity index (χ1n) is 4.02. The number of thiophene rings is 1. The zero-order chi connectivity index (χ0) is 9.97. The molecule has 0 saturated carbocycles. The predicted octanol–water partition coefficient (Wildman–Crippen LogP) is 2.65. The molecule has 3 nitrogen and oxygen atoms in total. The van der Waals surface area contributed by atoms with Gasteiger partial charge in [-0.05, 0) is 18.9 Å². The van der Waals surface area contributed by atoms with Gasteiger partial charge < -0.3 is 5.73 Å². The zero-order valence-corrected chi connectivity index (χ0v) is 9.07. The van der Waals surface area contributed by atoms with E-state index in [9.17, 15) is 0 Å². The van der Waals surface area contributed by atoms with Crippen molar-refractivity contribution < 1.29 is 0 Å². The Morgan fingerprint density at radius 2 is 2.36 bits per heavy atom. The molecule has 0 aromatic carbocycles. The third-order valence-electron chi connectivity index (χ3n) is 1.70. The van der Waals surface area contributed by atoms with Crippen LogP contribution in [0.5, 0.6) is 0 Å². The number of nitrogen functional groups attached to an aromatic ring is 1. The van der Waals surface area contributed by atoms with Crippen LogP contribution < -0.4 is 5.73 Å². The van der Waals surface area contributed by atoms with Gasteiger partial charge in [0.2, 0.25) is 0 Å². The molecule has 0 aliphatic heterocycles. The first-order chi connectivity index (χ1) is 6.79. The minimum atomic E-state index is 0.608. The fraction of sp³-hybridized carbons (Fsp3) is 0.111. The molecule has 0 aliphatic carbocycles. The number of nitrogens with zero attached hydrogens (tertiary/aromatic N) is 2. The van der Waals surface area contributed by atoms with Crippen molar-refractivity contribution in [3.8, 4) is 10.6 Å². The number of aromatic nitrogens is 1. The van der Waals surface area contributed by atoms with Crippen molar-refractivity contribution in [3.63, 3.8) is 0 Å². The number of hydrogen-bond acceptors (Lipinski definition) is 5. The average molecular weight is 223 g/mol. The summed E-state index contributed by atoms with van der Waals surface area (Å²) in [5, 5.41) is 2.57. The second-order valence-corrected chi connectivity index (χ2v) is 4.78. The van der Waals surface area contributed by atoms with E-state index in [4.69, 9.17) is 5.73 Å². The van der Waals surface area contributed by atoms with E-state index >= 15 is 0 Å². The third kappa shape index (κ3) is 1.83. The molecule has 0 fully saturated rings. The van der Waals surface area contributed by atoms with Crippen molar-refractivity contribution >= 4 is 34.5 Å². The molecule has 0 bridgehead atoms. The summed E-state index contributed by atoms with van der Waals surface area (Å²) in [6.07, 6.45) is 0. The Hall–Kier alpha value is -1.20. The van der Waals surface area contributed by atoms with E-state index in [0.717, 1.165) is 10.6 Å². The molecule has 2 rings (SSSR count). The third-order valence-corrected chi connectivity index (χ3v) is 3.47. The summed E-state index contributed by atoms with van der Waals surface area (Å²) in [6.45, 7) is 4.14. The van der Waals surface area contributed by atoms with Crippen LogP contribution in [0.15, 0.2) is 22.5 Å². The van der Waals surface area contributed by atoms with E-state index in [1.54, 1.807) is 11.3 Å². The minimum absolute atomic E-state index is 0.608. The molecule has 0 unspecified atom stereocenters. The second kappa shape index (κ2) is 3.89. The summed E-state index contributed by atoms with van der Waals surface area (Å²) in [4.78, 5) is 10.4. The summed E-state index contributed by atoms with van der Waals surface area (Å²) in [5.41, 5.74) is 6.52. The molecule has 14 heavy (non-hydrogen) atoms. The van der Waals surface area contributed by atoms with E-state index < -0.39 is 0 Å². The van der Waals surface area contributed by atoms with Crippen LogP contribution in [0.2, 0.25) is 0 Å². The molecule has 0 spiro atoms. The molecular weight excluding hydrogens is 214 g/mol. The second-order valence-electron chi connectivity index (χ2n) is 2.72. The van der Waals surface area contributed by atoms with Gasteiger partial charge in [0.15, 0.2) is 5.13 Å². The van der Waals surface area contributed by atoms with Crippen LogP contribution >= 0.6 is 22.7 Å². The molecule has 72 valence electrons. The van der Waals surface area contributed by atoms with Crippen LogP contribution in [0.3, 0.4) is 0 Å². The maximum Gasteiger partial charge on any atom is 0.180 e. The number of nitrogens with two attached hydrogens (primary N) is 1. The molecule has 2 N–H and O–H groups in total. The van der Waals surface area contributed by atoms with Crippen molar-refractivity contribution in [2.75, 3.05) is 5.73 Å². The van der Waals surface area contributed by atoms with Gasteiger partial charge in [-0.2, -0.15) is 0 Å². The van der Waals surface area contributed by atoms with Crippen molar-refractivity contribution in [1.29, 1.82) is 0 Å². The number of rotatable bonds is 3. The zero-order valence-electron chi connectivity index (χ0n) is 7.43. The minimum Gasteiger partial charge on any atom is -0.375 e. The van der Waals surface area contributed by atoms with Crippen LogP contribution in [-0.4, -0.2) is 11.7 Å². The largest absolute Gasteiger partial charge is 0.375 e. The smallest absolute Gasteiger partial charge is 0.180 e. The molecule has 5 heteroatoms. The van der Waals surface area contributed by atoms with Gasteiger partial charge in [0.25, 0.3) is 0 Å².